The van der Waals surface area contributed by atoms with Crippen molar-refractivity contribution in [2.45, 2.75) is 19.3 Å². The average Bonchev–Trinajstić information content (AvgIpc) is 2.47. The Balaban J connectivity index is 1.86. The molecule has 0 radical (unpaired) electrons. The SMILES string of the molecule is O=C1NCCc2ccc(C(=O)C3CCOCC3)cc21. The minimum Gasteiger partial charge on any atom is -0.381 e. The van der Waals surface area contributed by atoms with E-state index in [1.165, 1.54) is 0 Å². The smallest absolute Gasteiger partial charge is 0.251 e. The monoisotopic (exact) mass is 259 g/mol. The second kappa shape index (κ2) is 5.13. The minimum absolute atomic E-state index is 0.0402. The summed E-state index contributed by atoms with van der Waals surface area (Å²) >= 11 is 0. The molecule has 4 nitrogen and oxygen atoms in total. The van der Waals surface area contributed by atoms with Crippen molar-refractivity contribution in [1.29, 1.82) is 0 Å². The molecule has 4 heteroatoms. The summed E-state index contributed by atoms with van der Waals surface area (Å²) in [5.41, 5.74) is 2.35. The molecule has 0 bridgehead atoms. The molecular weight excluding hydrogens is 242 g/mol. The Morgan fingerprint density at radius 2 is 2.05 bits per heavy atom. The average molecular weight is 259 g/mol. The third-order valence-corrected chi connectivity index (χ3v) is 3.91. The summed E-state index contributed by atoms with van der Waals surface area (Å²) in [5, 5.41) is 2.81. The van der Waals surface area contributed by atoms with E-state index in [0.717, 1.165) is 24.8 Å². The predicted molar refractivity (Wildman–Crippen MR) is 70.4 cm³/mol. The van der Waals surface area contributed by atoms with Crippen LogP contribution in [0.25, 0.3) is 0 Å². The molecule has 1 saturated heterocycles. The van der Waals surface area contributed by atoms with Gasteiger partial charge in [0.15, 0.2) is 5.78 Å². The summed E-state index contributed by atoms with van der Waals surface area (Å²) in [4.78, 5) is 24.2. The molecule has 1 fully saturated rings. The molecule has 0 atom stereocenters. The molecule has 0 saturated carbocycles. The van der Waals surface area contributed by atoms with E-state index >= 15 is 0 Å². The highest BCUT2D eigenvalue weighted by molar-refractivity contribution is 6.02. The number of nitrogens with one attached hydrogen (secondary N) is 1. The van der Waals surface area contributed by atoms with Crippen LogP contribution in [-0.2, 0) is 11.2 Å². The molecule has 0 unspecified atom stereocenters. The van der Waals surface area contributed by atoms with Gasteiger partial charge in [-0.3, -0.25) is 9.59 Å². The maximum absolute atomic E-state index is 12.4. The molecule has 100 valence electrons. The molecule has 2 aliphatic heterocycles. The lowest BCUT2D eigenvalue weighted by atomic mass is 9.88. The number of ether oxygens (including phenoxy) is 1. The normalized spacial score (nSPS) is 19.7. The summed E-state index contributed by atoms with van der Waals surface area (Å²) in [6.07, 6.45) is 2.40. The largest absolute Gasteiger partial charge is 0.381 e. The van der Waals surface area contributed by atoms with Crippen LogP contribution in [0.2, 0.25) is 0 Å². The second-order valence-corrected chi connectivity index (χ2v) is 5.13. The number of rotatable bonds is 2. The van der Waals surface area contributed by atoms with Crippen LogP contribution in [0.5, 0.6) is 0 Å². The van der Waals surface area contributed by atoms with E-state index in [1.54, 1.807) is 6.07 Å². The van der Waals surface area contributed by atoms with Gasteiger partial charge in [-0.25, -0.2) is 0 Å². The zero-order valence-corrected chi connectivity index (χ0v) is 10.8. The van der Waals surface area contributed by atoms with Gasteiger partial charge < -0.3 is 10.1 Å². The molecule has 1 aromatic carbocycles. The number of carbonyl (C=O) groups is 2. The van der Waals surface area contributed by atoms with Gasteiger partial charge in [-0.2, -0.15) is 0 Å². The van der Waals surface area contributed by atoms with Crippen molar-refractivity contribution in [3.63, 3.8) is 0 Å². The Morgan fingerprint density at radius 3 is 2.84 bits per heavy atom. The summed E-state index contributed by atoms with van der Waals surface area (Å²) in [5.74, 6) is 0.116. The Bertz CT molecular complexity index is 518. The van der Waals surface area contributed by atoms with Gasteiger partial charge >= 0.3 is 0 Å². The van der Waals surface area contributed by atoms with Crippen LogP contribution < -0.4 is 5.32 Å². The molecule has 0 spiro atoms. The number of Topliss-reactive ketones (excluding diaryl/α,β-unsaturated/α-hetero) is 1. The molecule has 1 amide bonds. The van der Waals surface area contributed by atoms with Crippen molar-refractivity contribution in [3.8, 4) is 0 Å². The Labute approximate surface area is 112 Å². The number of benzene rings is 1. The molecule has 1 aromatic rings. The maximum Gasteiger partial charge on any atom is 0.251 e. The van der Waals surface area contributed by atoms with Crippen molar-refractivity contribution in [3.05, 3.63) is 34.9 Å². The second-order valence-electron chi connectivity index (χ2n) is 5.13. The first-order chi connectivity index (χ1) is 9.25. The van der Waals surface area contributed by atoms with Gasteiger partial charge in [0.05, 0.1) is 0 Å². The van der Waals surface area contributed by atoms with Crippen molar-refractivity contribution in [1.82, 2.24) is 5.32 Å². The molecule has 0 aromatic heterocycles. The van der Waals surface area contributed by atoms with Crippen molar-refractivity contribution in [2.24, 2.45) is 5.92 Å². The lowest BCUT2D eigenvalue weighted by molar-refractivity contribution is 0.0545. The van der Waals surface area contributed by atoms with Crippen molar-refractivity contribution < 1.29 is 14.3 Å². The highest BCUT2D eigenvalue weighted by Gasteiger charge is 2.25. The summed E-state index contributed by atoms with van der Waals surface area (Å²) in [7, 11) is 0. The maximum atomic E-state index is 12.4. The quantitative estimate of drug-likeness (QED) is 0.820. The number of hydrogen-bond donors (Lipinski definition) is 1. The molecule has 2 heterocycles. The van der Waals surface area contributed by atoms with Gasteiger partial charge in [-0.1, -0.05) is 12.1 Å². The first kappa shape index (κ1) is 12.4. The van der Waals surface area contributed by atoms with E-state index < -0.39 is 0 Å². The molecule has 3 rings (SSSR count). The number of amides is 1. The van der Waals surface area contributed by atoms with Crippen LogP contribution >= 0.6 is 0 Å². The van der Waals surface area contributed by atoms with Gasteiger partial charge in [-0.05, 0) is 30.9 Å². The lowest BCUT2D eigenvalue weighted by Gasteiger charge is -2.22. The zero-order chi connectivity index (χ0) is 13.2. The highest BCUT2D eigenvalue weighted by Crippen LogP contribution is 2.23. The van der Waals surface area contributed by atoms with Crippen molar-refractivity contribution in [2.75, 3.05) is 19.8 Å². The van der Waals surface area contributed by atoms with Crippen LogP contribution in [0.1, 0.15) is 39.1 Å². The number of ketones is 1. The van der Waals surface area contributed by atoms with E-state index in [9.17, 15) is 9.59 Å². The first-order valence-corrected chi connectivity index (χ1v) is 6.79. The van der Waals surface area contributed by atoms with E-state index in [2.05, 4.69) is 5.32 Å². The van der Waals surface area contributed by atoms with E-state index in [0.29, 0.717) is 30.9 Å². The summed E-state index contributed by atoms with van der Waals surface area (Å²) < 4.78 is 5.28. The third kappa shape index (κ3) is 2.40. The van der Waals surface area contributed by atoms with Crippen LogP contribution in [0.4, 0.5) is 0 Å². The molecular formula is C15H17NO3. The molecule has 1 N–H and O–H groups in total. The van der Waals surface area contributed by atoms with Gasteiger partial charge in [0.25, 0.3) is 5.91 Å². The van der Waals surface area contributed by atoms with Crippen molar-refractivity contribution >= 4 is 11.7 Å². The fourth-order valence-corrected chi connectivity index (χ4v) is 2.76. The highest BCUT2D eigenvalue weighted by atomic mass is 16.5. The Morgan fingerprint density at radius 1 is 1.26 bits per heavy atom. The Hall–Kier alpha value is -1.68. The fourth-order valence-electron chi connectivity index (χ4n) is 2.76. The van der Waals surface area contributed by atoms with Crippen LogP contribution in [0, 0.1) is 5.92 Å². The minimum atomic E-state index is -0.0668. The van der Waals surface area contributed by atoms with Crippen LogP contribution in [0.3, 0.4) is 0 Å². The summed E-state index contributed by atoms with van der Waals surface area (Å²) in [6, 6.07) is 5.53. The lowest BCUT2D eigenvalue weighted by Crippen LogP contribution is -2.32. The summed E-state index contributed by atoms with van der Waals surface area (Å²) in [6.45, 7) is 1.99. The van der Waals surface area contributed by atoms with E-state index in [1.807, 2.05) is 12.1 Å². The number of hydrogen-bond acceptors (Lipinski definition) is 3. The van der Waals surface area contributed by atoms with Gasteiger partial charge in [0.2, 0.25) is 0 Å². The molecule has 0 aliphatic carbocycles. The fraction of sp³-hybridized carbons (Fsp3) is 0.467. The zero-order valence-electron chi connectivity index (χ0n) is 10.8. The van der Waals surface area contributed by atoms with Gasteiger partial charge in [0.1, 0.15) is 0 Å². The van der Waals surface area contributed by atoms with Gasteiger partial charge in [0, 0.05) is 36.8 Å². The Kier molecular flexibility index (Phi) is 3.34. The predicted octanol–water partition coefficient (Wildman–Crippen LogP) is 1.58. The van der Waals surface area contributed by atoms with Crippen LogP contribution in [-0.4, -0.2) is 31.4 Å². The molecule has 19 heavy (non-hydrogen) atoms. The first-order valence-electron chi connectivity index (χ1n) is 6.79. The van der Waals surface area contributed by atoms with Crippen LogP contribution in [0.15, 0.2) is 18.2 Å². The van der Waals surface area contributed by atoms with Gasteiger partial charge in [-0.15, -0.1) is 0 Å². The third-order valence-electron chi connectivity index (χ3n) is 3.91. The van der Waals surface area contributed by atoms with E-state index in [4.69, 9.17) is 4.74 Å². The van der Waals surface area contributed by atoms with E-state index in [-0.39, 0.29) is 17.6 Å². The number of carbonyl (C=O) groups excluding carboxylic acids is 2. The standard InChI is InChI=1S/C15H17NO3/c17-14(11-4-7-19-8-5-11)12-2-1-10-3-6-16-15(18)13(10)9-12/h1-2,9,11H,3-8H2,(H,16,18). The molecule has 2 aliphatic rings. The topological polar surface area (TPSA) is 55.4 Å². The number of fused-ring (bicyclic) bond motifs is 1.